The van der Waals surface area contributed by atoms with Gasteiger partial charge in [-0.2, -0.15) is 0 Å². The third-order valence-electron chi connectivity index (χ3n) is 5.80. The molecule has 0 saturated carbocycles. The van der Waals surface area contributed by atoms with Crippen LogP contribution in [0.15, 0.2) is 59.7 Å². The summed E-state index contributed by atoms with van der Waals surface area (Å²) >= 11 is 0. The smallest absolute Gasteiger partial charge is 0.303 e. The van der Waals surface area contributed by atoms with Gasteiger partial charge in [0.15, 0.2) is 0 Å². The molecule has 2 heterocycles. The number of carboxylic acid groups (broad SMARTS) is 1. The lowest BCUT2D eigenvalue weighted by Gasteiger charge is -2.30. The molecule has 1 aromatic rings. The summed E-state index contributed by atoms with van der Waals surface area (Å²) in [6.07, 6.45) is 5.63. The van der Waals surface area contributed by atoms with Gasteiger partial charge in [0.25, 0.3) is 0 Å². The van der Waals surface area contributed by atoms with E-state index in [2.05, 4.69) is 17.5 Å². The van der Waals surface area contributed by atoms with Crippen molar-refractivity contribution in [1.82, 2.24) is 4.90 Å². The van der Waals surface area contributed by atoms with Crippen molar-refractivity contribution in [2.75, 3.05) is 26.7 Å². The highest BCUT2D eigenvalue weighted by molar-refractivity contribution is 5.84. The minimum absolute atomic E-state index is 0.203. The van der Waals surface area contributed by atoms with E-state index < -0.39 is 11.8 Å². The molecule has 0 unspecified atom stereocenters. The number of likely N-dealkylation sites (tertiary alicyclic amines) is 1. The van der Waals surface area contributed by atoms with Gasteiger partial charge < -0.3 is 19.5 Å². The average Bonchev–Trinajstić information content (AvgIpc) is 2.88. The number of halogens is 1. The highest BCUT2D eigenvalue weighted by Crippen LogP contribution is 2.39. The number of hydrogen-bond donors (Lipinski definition) is 1. The number of allylic oxidation sites excluding steroid dienone is 5. The standard InChI is InChI=1S/C25H30FNO4/c1-17(26)6-9-23-18(2)25(22-8-7-21(30-3)15-20(22)16-31-23)19-10-13-27(14-11-19)12-4-5-24(28)29/h6-9,15H,1,4-5,10-14,16H2,2-3H3,(H,28,29)/b9-6-. The van der Waals surface area contributed by atoms with E-state index in [1.807, 2.05) is 19.1 Å². The Morgan fingerprint density at radius 1 is 1.35 bits per heavy atom. The van der Waals surface area contributed by atoms with Gasteiger partial charge in [0, 0.05) is 25.1 Å². The lowest BCUT2D eigenvalue weighted by atomic mass is 9.86. The number of carboxylic acids is 1. The normalized spacial score (nSPS) is 17.4. The van der Waals surface area contributed by atoms with E-state index in [1.165, 1.54) is 11.6 Å². The van der Waals surface area contributed by atoms with Gasteiger partial charge in [-0.05, 0) is 73.7 Å². The molecule has 0 aliphatic carbocycles. The molecule has 2 aliphatic rings. The highest BCUT2D eigenvalue weighted by Gasteiger charge is 2.24. The van der Waals surface area contributed by atoms with Crippen molar-refractivity contribution in [3.8, 4) is 5.75 Å². The van der Waals surface area contributed by atoms with Gasteiger partial charge in [0.2, 0.25) is 0 Å². The maximum absolute atomic E-state index is 13.3. The summed E-state index contributed by atoms with van der Waals surface area (Å²) in [5, 5.41) is 8.86. The van der Waals surface area contributed by atoms with Crippen LogP contribution in [0.1, 0.15) is 43.7 Å². The third-order valence-corrected chi connectivity index (χ3v) is 5.80. The monoisotopic (exact) mass is 427 g/mol. The van der Waals surface area contributed by atoms with Crippen LogP contribution in [0.3, 0.4) is 0 Å². The second-order valence-corrected chi connectivity index (χ2v) is 7.90. The quantitative estimate of drug-likeness (QED) is 0.602. The molecule has 31 heavy (non-hydrogen) atoms. The minimum atomic E-state index is -0.748. The molecule has 3 rings (SSSR count). The zero-order valence-electron chi connectivity index (χ0n) is 18.2. The molecule has 166 valence electrons. The molecule has 1 N–H and O–H groups in total. The van der Waals surface area contributed by atoms with Gasteiger partial charge in [-0.1, -0.05) is 18.2 Å². The van der Waals surface area contributed by atoms with E-state index in [9.17, 15) is 9.18 Å². The number of rotatable bonds is 7. The number of ether oxygens (including phenoxy) is 2. The molecule has 1 fully saturated rings. The van der Waals surface area contributed by atoms with E-state index in [4.69, 9.17) is 14.6 Å². The summed E-state index contributed by atoms with van der Waals surface area (Å²) in [6, 6.07) is 6.02. The number of methoxy groups -OCH3 is 1. The average molecular weight is 428 g/mol. The van der Waals surface area contributed by atoms with Crippen LogP contribution >= 0.6 is 0 Å². The molecule has 0 radical (unpaired) electrons. The van der Waals surface area contributed by atoms with Crippen LogP contribution in [-0.4, -0.2) is 42.7 Å². The molecule has 6 heteroatoms. The van der Waals surface area contributed by atoms with E-state index in [-0.39, 0.29) is 6.42 Å². The lowest BCUT2D eigenvalue weighted by molar-refractivity contribution is -0.137. The molecular formula is C25H30FNO4. The predicted molar refractivity (Wildman–Crippen MR) is 119 cm³/mol. The zero-order valence-corrected chi connectivity index (χ0v) is 18.2. The van der Waals surface area contributed by atoms with Crippen molar-refractivity contribution in [2.45, 2.75) is 39.2 Å². The fourth-order valence-corrected chi connectivity index (χ4v) is 4.19. The van der Waals surface area contributed by atoms with E-state index >= 15 is 0 Å². The lowest BCUT2D eigenvalue weighted by Crippen LogP contribution is -2.32. The minimum Gasteiger partial charge on any atom is -0.497 e. The first-order chi connectivity index (χ1) is 14.9. The summed E-state index contributed by atoms with van der Waals surface area (Å²) in [7, 11) is 1.64. The molecule has 2 aliphatic heterocycles. The molecule has 5 nitrogen and oxygen atoms in total. The number of carbonyl (C=O) groups is 1. The van der Waals surface area contributed by atoms with E-state index in [0.717, 1.165) is 60.5 Å². The number of aliphatic carboxylic acids is 1. The largest absolute Gasteiger partial charge is 0.497 e. The number of nitrogens with zero attached hydrogens (tertiary/aromatic N) is 1. The molecule has 0 atom stereocenters. The molecule has 0 bridgehead atoms. The Hall–Kier alpha value is -2.86. The predicted octanol–water partition coefficient (Wildman–Crippen LogP) is 5.25. The second kappa shape index (κ2) is 10.4. The zero-order chi connectivity index (χ0) is 22.4. The molecule has 0 spiro atoms. The Labute approximate surface area is 183 Å². The summed E-state index contributed by atoms with van der Waals surface area (Å²) in [4.78, 5) is 13.1. The van der Waals surface area contributed by atoms with Crippen LogP contribution in [-0.2, 0) is 16.1 Å². The Morgan fingerprint density at radius 3 is 2.74 bits per heavy atom. The Balaban J connectivity index is 1.93. The van der Waals surface area contributed by atoms with E-state index in [1.54, 1.807) is 13.2 Å². The van der Waals surface area contributed by atoms with Gasteiger partial charge in [-0.3, -0.25) is 4.79 Å². The fraction of sp³-hybridized carbons (Fsp3) is 0.400. The summed E-state index contributed by atoms with van der Waals surface area (Å²) in [6.45, 7) is 8.28. The van der Waals surface area contributed by atoms with Crippen molar-refractivity contribution in [3.63, 3.8) is 0 Å². The molecule has 0 amide bonds. The maximum atomic E-state index is 13.3. The second-order valence-electron chi connectivity index (χ2n) is 7.90. The summed E-state index contributed by atoms with van der Waals surface area (Å²) in [5.41, 5.74) is 5.64. The van der Waals surface area contributed by atoms with Crippen molar-refractivity contribution >= 4 is 11.5 Å². The van der Waals surface area contributed by atoms with Crippen molar-refractivity contribution in [2.24, 2.45) is 0 Å². The number of piperidine rings is 1. The van der Waals surface area contributed by atoms with Crippen LogP contribution in [0.4, 0.5) is 4.39 Å². The molecule has 0 aromatic heterocycles. The molecule has 1 aromatic carbocycles. The Morgan fingerprint density at radius 2 is 2.10 bits per heavy atom. The van der Waals surface area contributed by atoms with Gasteiger partial charge in [0.05, 0.1) is 7.11 Å². The van der Waals surface area contributed by atoms with E-state index in [0.29, 0.717) is 18.8 Å². The van der Waals surface area contributed by atoms with Crippen LogP contribution in [0.5, 0.6) is 5.75 Å². The first-order valence-corrected chi connectivity index (χ1v) is 10.6. The Kier molecular flexibility index (Phi) is 7.69. The van der Waals surface area contributed by atoms with Crippen molar-refractivity contribution < 1.29 is 23.8 Å². The van der Waals surface area contributed by atoms with Gasteiger partial charge >= 0.3 is 5.97 Å². The van der Waals surface area contributed by atoms with Gasteiger partial charge in [0.1, 0.15) is 23.9 Å². The molecule has 1 saturated heterocycles. The SMILES string of the molecule is C=C(F)/C=C\C1=C(C)C(=C2CCN(CCCC(=O)O)CC2)c2ccc(OC)cc2CO1. The van der Waals surface area contributed by atoms with Crippen LogP contribution in [0.2, 0.25) is 0 Å². The fourth-order valence-electron chi connectivity index (χ4n) is 4.19. The van der Waals surface area contributed by atoms with Crippen molar-refractivity contribution in [1.29, 1.82) is 0 Å². The maximum Gasteiger partial charge on any atom is 0.303 e. The van der Waals surface area contributed by atoms with Gasteiger partial charge in [-0.15, -0.1) is 0 Å². The number of fused-ring (bicyclic) bond motifs is 1. The topological polar surface area (TPSA) is 59.0 Å². The van der Waals surface area contributed by atoms with Crippen LogP contribution in [0, 0.1) is 0 Å². The first kappa shape index (κ1) is 22.8. The van der Waals surface area contributed by atoms with Crippen molar-refractivity contribution in [3.05, 3.63) is 70.8 Å². The summed E-state index contributed by atoms with van der Waals surface area (Å²) in [5.74, 6) is 0.146. The van der Waals surface area contributed by atoms with Gasteiger partial charge in [-0.25, -0.2) is 4.39 Å². The van der Waals surface area contributed by atoms with Crippen LogP contribution in [0.25, 0.3) is 5.57 Å². The molecular weight excluding hydrogens is 397 g/mol. The number of hydrogen-bond acceptors (Lipinski definition) is 4. The number of benzene rings is 1. The highest BCUT2D eigenvalue weighted by atomic mass is 19.1. The third kappa shape index (κ3) is 5.85. The van der Waals surface area contributed by atoms with Crippen LogP contribution < -0.4 is 4.74 Å². The Bertz CT molecular complexity index is 935. The first-order valence-electron chi connectivity index (χ1n) is 10.6. The summed E-state index contributed by atoms with van der Waals surface area (Å²) < 4.78 is 24.7.